The third kappa shape index (κ3) is 2.53. The Kier molecular flexibility index (Phi) is 3.08. The molecule has 1 fully saturated rings. The second kappa shape index (κ2) is 4.09. The Hall–Kier alpha value is -1.06. The van der Waals surface area contributed by atoms with Crippen LogP contribution in [0.5, 0.6) is 0 Å². The van der Waals surface area contributed by atoms with Crippen molar-refractivity contribution in [3.8, 4) is 0 Å². The van der Waals surface area contributed by atoms with Gasteiger partial charge in [-0.3, -0.25) is 9.59 Å². The molecule has 0 radical (unpaired) electrons. The van der Waals surface area contributed by atoms with Crippen LogP contribution in [-0.2, 0) is 9.59 Å². The molecule has 4 nitrogen and oxygen atoms in total. The summed E-state index contributed by atoms with van der Waals surface area (Å²) in [6, 6.07) is -0.315. The summed E-state index contributed by atoms with van der Waals surface area (Å²) >= 11 is 0. The zero-order valence-corrected chi connectivity index (χ0v) is 7.22. The number of nitrogens with one attached hydrogen (secondary N) is 2. The third-order valence-corrected chi connectivity index (χ3v) is 1.91. The van der Waals surface area contributed by atoms with Crippen molar-refractivity contribution in [2.24, 2.45) is 0 Å². The molecule has 0 aromatic carbocycles. The number of rotatable bonds is 1. The van der Waals surface area contributed by atoms with Crippen LogP contribution in [0.4, 0.5) is 0 Å². The molecule has 0 aromatic heterocycles. The molecule has 12 heavy (non-hydrogen) atoms. The van der Waals surface area contributed by atoms with E-state index in [1.54, 1.807) is 0 Å². The highest BCUT2D eigenvalue weighted by atomic mass is 16.2. The number of carbonyl (C=O) groups is 2. The van der Waals surface area contributed by atoms with E-state index in [4.69, 9.17) is 0 Å². The van der Waals surface area contributed by atoms with Crippen LogP contribution < -0.4 is 10.6 Å². The summed E-state index contributed by atoms with van der Waals surface area (Å²) in [6.07, 6.45) is 2.75. The van der Waals surface area contributed by atoms with E-state index in [1.165, 1.54) is 6.92 Å². The fourth-order valence-electron chi connectivity index (χ4n) is 1.32. The highest BCUT2D eigenvalue weighted by molar-refractivity contribution is 5.86. The van der Waals surface area contributed by atoms with Crippen LogP contribution in [0.1, 0.15) is 26.2 Å². The first-order valence-electron chi connectivity index (χ1n) is 4.25. The van der Waals surface area contributed by atoms with Gasteiger partial charge in [-0.2, -0.15) is 0 Å². The molecule has 2 N–H and O–H groups in total. The van der Waals surface area contributed by atoms with Gasteiger partial charge in [0.25, 0.3) is 0 Å². The van der Waals surface area contributed by atoms with Gasteiger partial charge in [0.15, 0.2) is 0 Å². The Morgan fingerprint density at radius 3 is 3.00 bits per heavy atom. The average Bonchev–Trinajstić information content (AvgIpc) is 2.16. The van der Waals surface area contributed by atoms with Crippen LogP contribution in [0, 0.1) is 0 Å². The minimum absolute atomic E-state index is 0.0531. The van der Waals surface area contributed by atoms with Crippen LogP contribution in [-0.4, -0.2) is 24.4 Å². The third-order valence-electron chi connectivity index (χ3n) is 1.91. The van der Waals surface area contributed by atoms with Gasteiger partial charge in [0, 0.05) is 13.5 Å². The molecule has 1 atom stereocenters. The van der Waals surface area contributed by atoms with E-state index in [2.05, 4.69) is 10.6 Å². The molecule has 1 saturated heterocycles. The van der Waals surface area contributed by atoms with Crippen molar-refractivity contribution in [2.45, 2.75) is 32.2 Å². The fourth-order valence-corrected chi connectivity index (χ4v) is 1.32. The minimum atomic E-state index is -0.315. The van der Waals surface area contributed by atoms with Crippen LogP contribution >= 0.6 is 0 Å². The lowest BCUT2D eigenvalue weighted by atomic mass is 10.1. The predicted molar refractivity (Wildman–Crippen MR) is 44.5 cm³/mol. The maximum absolute atomic E-state index is 11.2. The first-order chi connectivity index (χ1) is 5.70. The van der Waals surface area contributed by atoms with Gasteiger partial charge in [-0.25, -0.2) is 0 Å². The van der Waals surface area contributed by atoms with E-state index < -0.39 is 0 Å². The molecule has 0 aliphatic carbocycles. The summed E-state index contributed by atoms with van der Waals surface area (Å²) in [5.74, 6) is -0.195. The number of hydrogen-bond acceptors (Lipinski definition) is 2. The molecule has 4 heteroatoms. The van der Waals surface area contributed by atoms with Gasteiger partial charge < -0.3 is 10.6 Å². The van der Waals surface area contributed by atoms with Crippen molar-refractivity contribution < 1.29 is 9.59 Å². The maximum Gasteiger partial charge on any atom is 0.242 e. The Balaban J connectivity index is 2.47. The zero-order valence-electron chi connectivity index (χ0n) is 7.22. The number of amides is 2. The van der Waals surface area contributed by atoms with Crippen molar-refractivity contribution >= 4 is 11.8 Å². The number of hydrogen-bond donors (Lipinski definition) is 2. The van der Waals surface area contributed by atoms with Gasteiger partial charge in [-0.15, -0.1) is 0 Å². The molecular weight excluding hydrogens is 156 g/mol. The minimum Gasteiger partial charge on any atom is -0.354 e. The van der Waals surface area contributed by atoms with Gasteiger partial charge in [-0.05, 0) is 19.3 Å². The Morgan fingerprint density at radius 2 is 2.33 bits per heavy atom. The van der Waals surface area contributed by atoms with Gasteiger partial charge >= 0.3 is 0 Å². The van der Waals surface area contributed by atoms with Gasteiger partial charge in [0.05, 0.1) is 0 Å². The van der Waals surface area contributed by atoms with Crippen molar-refractivity contribution in [2.75, 3.05) is 6.54 Å². The summed E-state index contributed by atoms with van der Waals surface area (Å²) in [6.45, 7) is 2.16. The lowest BCUT2D eigenvalue weighted by Gasteiger charge is -2.12. The first kappa shape index (κ1) is 9.03. The topological polar surface area (TPSA) is 58.2 Å². The van der Waals surface area contributed by atoms with Crippen molar-refractivity contribution in [1.82, 2.24) is 10.6 Å². The number of carbonyl (C=O) groups excluding carboxylic acids is 2. The molecule has 1 rings (SSSR count). The summed E-state index contributed by atoms with van der Waals surface area (Å²) in [5.41, 5.74) is 0. The molecule has 68 valence electrons. The van der Waals surface area contributed by atoms with Crippen molar-refractivity contribution in [1.29, 1.82) is 0 Å². The summed E-state index contributed by atoms with van der Waals surface area (Å²) in [7, 11) is 0. The molecule has 0 unspecified atom stereocenters. The fraction of sp³-hybridized carbons (Fsp3) is 0.750. The highest BCUT2D eigenvalue weighted by Gasteiger charge is 2.20. The molecule has 0 bridgehead atoms. The normalized spacial score (nSPS) is 24.1. The molecule has 1 aliphatic rings. The molecule has 1 aliphatic heterocycles. The van der Waals surface area contributed by atoms with E-state index in [-0.39, 0.29) is 17.9 Å². The summed E-state index contributed by atoms with van der Waals surface area (Å²) in [4.78, 5) is 21.9. The van der Waals surface area contributed by atoms with Crippen LogP contribution in [0.3, 0.4) is 0 Å². The zero-order chi connectivity index (χ0) is 8.97. The van der Waals surface area contributed by atoms with E-state index in [0.29, 0.717) is 0 Å². The van der Waals surface area contributed by atoms with Gasteiger partial charge in [0.1, 0.15) is 6.04 Å². The van der Waals surface area contributed by atoms with E-state index >= 15 is 0 Å². The summed E-state index contributed by atoms with van der Waals surface area (Å²) in [5, 5.41) is 5.37. The summed E-state index contributed by atoms with van der Waals surface area (Å²) < 4.78 is 0. The smallest absolute Gasteiger partial charge is 0.242 e. The van der Waals surface area contributed by atoms with Crippen LogP contribution in [0.25, 0.3) is 0 Å². The average molecular weight is 170 g/mol. The van der Waals surface area contributed by atoms with Crippen LogP contribution in [0.2, 0.25) is 0 Å². The van der Waals surface area contributed by atoms with Crippen molar-refractivity contribution in [3.05, 3.63) is 0 Å². The van der Waals surface area contributed by atoms with Gasteiger partial charge in [-0.1, -0.05) is 0 Å². The molecule has 1 heterocycles. The molecule has 0 spiro atoms. The predicted octanol–water partition coefficient (Wildman–Crippen LogP) is -0.209. The van der Waals surface area contributed by atoms with Gasteiger partial charge in [0.2, 0.25) is 11.8 Å². The lowest BCUT2D eigenvalue weighted by molar-refractivity contribution is -0.127. The van der Waals surface area contributed by atoms with E-state index in [9.17, 15) is 9.59 Å². The monoisotopic (exact) mass is 170 g/mol. The van der Waals surface area contributed by atoms with Crippen LogP contribution in [0.15, 0.2) is 0 Å². The Morgan fingerprint density at radius 1 is 1.58 bits per heavy atom. The first-order valence-corrected chi connectivity index (χ1v) is 4.25. The van der Waals surface area contributed by atoms with Crippen molar-refractivity contribution in [3.63, 3.8) is 0 Å². The molecule has 2 amide bonds. The molecule has 0 aromatic rings. The quantitative estimate of drug-likeness (QED) is 0.572. The van der Waals surface area contributed by atoms with E-state index in [0.717, 1.165) is 25.8 Å². The second-order valence-electron chi connectivity index (χ2n) is 3.04. The molecular formula is C8H14N2O2. The Labute approximate surface area is 71.7 Å². The highest BCUT2D eigenvalue weighted by Crippen LogP contribution is 2.04. The second-order valence-corrected chi connectivity index (χ2v) is 3.04. The standard InChI is InChI=1S/C8H14N2O2/c1-6(11)10-7-4-2-3-5-9-8(7)12/h7H,2-5H2,1H3,(H,9,12)(H,10,11)/t7-/m1/s1. The SMILES string of the molecule is CC(=O)N[C@@H]1CCCCNC1=O. The lowest BCUT2D eigenvalue weighted by Crippen LogP contribution is -2.44. The van der Waals surface area contributed by atoms with E-state index in [1.807, 2.05) is 0 Å². The molecule has 0 saturated carbocycles. The maximum atomic E-state index is 11.2. The Bertz CT molecular complexity index is 191. The largest absolute Gasteiger partial charge is 0.354 e.